The van der Waals surface area contributed by atoms with Gasteiger partial charge in [-0.15, -0.1) is 0 Å². The van der Waals surface area contributed by atoms with Crippen molar-refractivity contribution in [1.29, 1.82) is 0 Å². The van der Waals surface area contributed by atoms with Crippen LogP contribution in [0, 0.1) is 0 Å². The van der Waals surface area contributed by atoms with Crippen molar-refractivity contribution in [2.24, 2.45) is 0 Å². The Morgan fingerprint density at radius 1 is 1.18 bits per heavy atom. The molecule has 0 unspecified atom stereocenters. The predicted molar refractivity (Wildman–Crippen MR) is 73.5 cm³/mol. The molecule has 0 spiro atoms. The van der Waals surface area contributed by atoms with Gasteiger partial charge in [0.15, 0.2) is 0 Å². The minimum absolute atomic E-state index is 0.276. The molecule has 0 amide bonds. The quantitative estimate of drug-likeness (QED) is 0.807. The largest absolute Gasteiger partial charge is 0.491 e. The summed E-state index contributed by atoms with van der Waals surface area (Å²) < 4.78 is 5.83. The van der Waals surface area contributed by atoms with E-state index in [2.05, 4.69) is 58.1 Å². The number of hydrogen-bond acceptors (Lipinski definition) is 2. The smallest absolute Gasteiger partial charge is 0.120 e. The lowest BCUT2D eigenvalue weighted by molar-refractivity contribution is 0.217. The van der Waals surface area contributed by atoms with Crippen LogP contribution >= 0.6 is 0 Å². The molecule has 2 nitrogen and oxygen atoms in total. The Labute approximate surface area is 105 Å². The highest BCUT2D eigenvalue weighted by atomic mass is 16.5. The highest BCUT2D eigenvalue weighted by Gasteiger charge is 2.08. The zero-order valence-corrected chi connectivity index (χ0v) is 11.7. The molecule has 1 rings (SSSR count). The molecular weight excluding hydrogens is 210 g/mol. The molecule has 0 aliphatic rings. The third kappa shape index (κ3) is 4.78. The Balaban J connectivity index is 2.71. The van der Waals surface area contributed by atoms with Crippen LogP contribution in [0.25, 0.3) is 0 Å². The summed E-state index contributed by atoms with van der Waals surface area (Å²) in [5.41, 5.74) is 1.28. The van der Waals surface area contributed by atoms with Crippen molar-refractivity contribution in [2.45, 2.75) is 59.2 Å². The Morgan fingerprint density at radius 3 is 2.47 bits per heavy atom. The van der Waals surface area contributed by atoms with E-state index < -0.39 is 0 Å². The average Bonchev–Trinajstić information content (AvgIpc) is 2.28. The van der Waals surface area contributed by atoms with Crippen LogP contribution in [0.15, 0.2) is 24.3 Å². The fourth-order valence-electron chi connectivity index (χ4n) is 1.77. The van der Waals surface area contributed by atoms with Gasteiger partial charge in [0, 0.05) is 12.1 Å². The normalized spacial score (nSPS) is 14.7. The first kappa shape index (κ1) is 14.0. The lowest BCUT2D eigenvalue weighted by Gasteiger charge is -2.19. The van der Waals surface area contributed by atoms with Crippen LogP contribution in [-0.2, 0) is 0 Å². The summed E-state index contributed by atoms with van der Waals surface area (Å²) in [7, 11) is 0. The molecular formula is C15H25NO. The number of benzene rings is 1. The molecule has 0 heterocycles. The molecule has 0 aromatic heterocycles. The summed E-state index contributed by atoms with van der Waals surface area (Å²) in [6, 6.07) is 9.21. The summed E-state index contributed by atoms with van der Waals surface area (Å²) in [6.45, 7) is 10.7. The van der Waals surface area contributed by atoms with Crippen LogP contribution in [-0.4, -0.2) is 12.1 Å². The highest BCUT2D eigenvalue weighted by molar-refractivity contribution is 5.30. The fourth-order valence-corrected chi connectivity index (χ4v) is 1.77. The summed E-state index contributed by atoms with van der Waals surface area (Å²) in [5.74, 6) is 0.967. The molecule has 0 fully saturated rings. The summed E-state index contributed by atoms with van der Waals surface area (Å²) in [5, 5.41) is 3.50. The van der Waals surface area contributed by atoms with Gasteiger partial charge in [0.2, 0.25) is 0 Å². The molecule has 1 aromatic rings. The van der Waals surface area contributed by atoms with Gasteiger partial charge in [-0.1, -0.05) is 32.9 Å². The monoisotopic (exact) mass is 235 g/mol. The second-order valence-corrected chi connectivity index (χ2v) is 4.95. The van der Waals surface area contributed by atoms with Gasteiger partial charge in [0.25, 0.3) is 0 Å². The zero-order valence-electron chi connectivity index (χ0n) is 11.7. The molecule has 0 saturated heterocycles. The van der Waals surface area contributed by atoms with Crippen LogP contribution in [0.3, 0.4) is 0 Å². The maximum Gasteiger partial charge on any atom is 0.120 e. The van der Waals surface area contributed by atoms with Crippen molar-refractivity contribution in [2.75, 3.05) is 0 Å². The first-order valence-electron chi connectivity index (χ1n) is 6.55. The van der Waals surface area contributed by atoms with E-state index in [1.165, 1.54) is 5.56 Å². The minimum Gasteiger partial charge on any atom is -0.491 e. The van der Waals surface area contributed by atoms with E-state index in [0.29, 0.717) is 12.1 Å². The predicted octanol–water partition coefficient (Wildman–Crippen LogP) is 3.92. The Morgan fingerprint density at radius 2 is 1.88 bits per heavy atom. The van der Waals surface area contributed by atoms with E-state index in [1.807, 2.05) is 6.07 Å². The maximum absolute atomic E-state index is 5.83. The van der Waals surface area contributed by atoms with Crippen LogP contribution in [0.2, 0.25) is 0 Å². The van der Waals surface area contributed by atoms with E-state index in [0.717, 1.165) is 12.2 Å². The Bertz CT molecular complexity index is 335. The maximum atomic E-state index is 5.83. The van der Waals surface area contributed by atoms with Crippen molar-refractivity contribution in [3.63, 3.8) is 0 Å². The fraction of sp³-hybridized carbons (Fsp3) is 0.600. The molecule has 1 N–H and O–H groups in total. The highest BCUT2D eigenvalue weighted by Crippen LogP contribution is 2.20. The van der Waals surface area contributed by atoms with Crippen molar-refractivity contribution >= 4 is 0 Å². The standard InChI is InChI=1S/C15H25NO/c1-6-12(4)17-15-9-7-8-14(10-15)13(5)16-11(2)3/h7-13,16H,6H2,1-5H3/t12-,13-/m0/s1. The lowest BCUT2D eigenvalue weighted by atomic mass is 10.1. The van der Waals surface area contributed by atoms with Gasteiger partial charge in [0.05, 0.1) is 6.10 Å². The minimum atomic E-state index is 0.276. The molecule has 0 bridgehead atoms. The molecule has 2 atom stereocenters. The summed E-state index contributed by atoms with van der Waals surface area (Å²) in [6.07, 6.45) is 1.31. The van der Waals surface area contributed by atoms with Gasteiger partial charge in [-0.05, 0) is 38.0 Å². The van der Waals surface area contributed by atoms with Crippen LogP contribution in [0.5, 0.6) is 5.75 Å². The van der Waals surface area contributed by atoms with Crippen LogP contribution in [0.4, 0.5) is 0 Å². The van der Waals surface area contributed by atoms with E-state index in [9.17, 15) is 0 Å². The van der Waals surface area contributed by atoms with Crippen molar-refractivity contribution in [1.82, 2.24) is 5.32 Å². The average molecular weight is 235 g/mol. The number of rotatable bonds is 6. The Kier molecular flexibility index (Phi) is 5.49. The molecule has 96 valence electrons. The third-order valence-electron chi connectivity index (χ3n) is 2.85. The SMILES string of the molecule is CC[C@H](C)Oc1cccc([C@H](C)NC(C)C)c1. The number of nitrogens with one attached hydrogen (secondary N) is 1. The van der Waals surface area contributed by atoms with E-state index >= 15 is 0 Å². The molecule has 0 radical (unpaired) electrons. The van der Waals surface area contributed by atoms with E-state index in [-0.39, 0.29) is 6.10 Å². The number of ether oxygens (including phenoxy) is 1. The topological polar surface area (TPSA) is 21.3 Å². The molecule has 0 saturated carbocycles. The summed E-state index contributed by atoms with van der Waals surface area (Å²) >= 11 is 0. The molecule has 0 aliphatic carbocycles. The van der Waals surface area contributed by atoms with Gasteiger partial charge < -0.3 is 10.1 Å². The second-order valence-electron chi connectivity index (χ2n) is 4.95. The van der Waals surface area contributed by atoms with Gasteiger partial charge >= 0.3 is 0 Å². The first-order chi connectivity index (χ1) is 8.02. The third-order valence-corrected chi connectivity index (χ3v) is 2.85. The summed E-state index contributed by atoms with van der Waals surface area (Å²) in [4.78, 5) is 0. The van der Waals surface area contributed by atoms with Crippen LogP contribution in [0.1, 0.15) is 52.6 Å². The molecule has 2 heteroatoms. The zero-order chi connectivity index (χ0) is 12.8. The van der Waals surface area contributed by atoms with Gasteiger partial charge in [0.1, 0.15) is 5.75 Å². The molecule has 1 aromatic carbocycles. The van der Waals surface area contributed by atoms with Crippen molar-refractivity contribution < 1.29 is 4.74 Å². The van der Waals surface area contributed by atoms with E-state index in [1.54, 1.807) is 0 Å². The van der Waals surface area contributed by atoms with Crippen LogP contribution < -0.4 is 10.1 Å². The van der Waals surface area contributed by atoms with Gasteiger partial charge in [-0.2, -0.15) is 0 Å². The van der Waals surface area contributed by atoms with E-state index in [4.69, 9.17) is 4.74 Å². The second kappa shape index (κ2) is 6.65. The van der Waals surface area contributed by atoms with Gasteiger partial charge in [-0.25, -0.2) is 0 Å². The number of hydrogen-bond donors (Lipinski definition) is 1. The lowest BCUT2D eigenvalue weighted by Crippen LogP contribution is -2.26. The van der Waals surface area contributed by atoms with Crippen molar-refractivity contribution in [3.8, 4) is 5.75 Å². The van der Waals surface area contributed by atoms with Gasteiger partial charge in [-0.3, -0.25) is 0 Å². The van der Waals surface area contributed by atoms with Crippen molar-refractivity contribution in [3.05, 3.63) is 29.8 Å². The first-order valence-corrected chi connectivity index (χ1v) is 6.55. The Hall–Kier alpha value is -1.02. The molecule has 17 heavy (non-hydrogen) atoms. The molecule has 0 aliphatic heterocycles.